The number of carbonyl (C=O) groups is 1. The minimum absolute atomic E-state index is 0.182. The fourth-order valence-corrected chi connectivity index (χ4v) is 2.44. The Kier molecular flexibility index (Phi) is 4.91. The first-order chi connectivity index (χ1) is 9.88. The maximum atomic E-state index is 12.2. The molecule has 2 aromatic carbocycles. The van der Waals surface area contributed by atoms with Gasteiger partial charge in [0.05, 0.1) is 5.02 Å². The second-order valence-corrected chi connectivity index (χ2v) is 6.24. The highest BCUT2D eigenvalue weighted by molar-refractivity contribution is 9.10. The van der Waals surface area contributed by atoms with Gasteiger partial charge in [0.15, 0.2) is 0 Å². The van der Waals surface area contributed by atoms with Gasteiger partial charge in [-0.15, -0.1) is 0 Å². The molecule has 0 radical (unpaired) electrons. The van der Waals surface area contributed by atoms with Gasteiger partial charge in [0.25, 0.3) is 5.91 Å². The Hall–Kier alpha value is -1.52. The summed E-state index contributed by atoms with van der Waals surface area (Å²) in [5, 5.41) is 3.40. The minimum atomic E-state index is -0.182. The number of amides is 1. The molecule has 21 heavy (non-hydrogen) atoms. The molecule has 0 aromatic heterocycles. The molecule has 1 amide bonds. The normalized spacial score (nSPS) is 10.3. The van der Waals surface area contributed by atoms with E-state index in [1.54, 1.807) is 18.2 Å². The zero-order valence-corrected chi connectivity index (χ0v) is 14.4. The van der Waals surface area contributed by atoms with Crippen molar-refractivity contribution >= 4 is 44.8 Å². The molecular formula is C16H16BrClN2O. The fraction of sp³-hybridized carbons (Fsp3) is 0.188. The lowest BCUT2D eigenvalue weighted by molar-refractivity contribution is 0.102. The van der Waals surface area contributed by atoms with Gasteiger partial charge in [-0.1, -0.05) is 17.7 Å². The molecule has 2 rings (SSSR count). The van der Waals surface area contributed by atoms with Gasteiger partial charge in [-0.3, -0.25) is 4.79 Å². The molecule has 0 saturated carbocycles. The van der Waals surface area contributed by atoms with Gasteiger partial charge >= 0.3 is 0 Å². The van der Waals surface area contributed by atoms with E-state index >= 15 is 0 Å². The Bertz CT molecular complexity index is 686. The number of anilines is 2. The van der Waals surface area contributed by atoms with E-state index < -0.39 is 0 Å². The van der Waals surface area contributed by atoms with E-state index in [4.69, 9.17) is 11.6 Å². The summed E-state index contributed by atoms with van der Waals surface area (Å²) in [5.41, 5.74) is 3.51. The molecule has 0 atom stereocenters. The van der Waals surface area contributed by atoms with Gasteiger partial charge < -0.3 is 10.2 Å². The predicted molar refractivity (Wildman–Crippen MR) is 92.6 cm³/mol. The third kappa shape index (κ3) is 3.77. The number of halogens is 2. The summed E-state index contributed by atoms with van der Waals surface area (Å²) in [4.78, 5) is 14.3. The van der Waals surface area contributed by atoms with E-state index in [2.05, 4.69) is 21.2 Å². The largest absolute Gasteiger partial charge is 0.377 e. The average molecular weight is 368 g/mol. The van der Waals surface area contributed by atoms with Crippen LogP contribution >= 0.6 is 27.5 Å². The van der Waals surface area contributed by atoms with Gasteiger partial charge in [0, 0.05) is 35.5 Å². The number of nitrogens with zero attached hydrogens (tertiary/aromatic N) is 1. The smallest absolute Gasteiger partial charge is 0.255 e. The summed E-state index contributed by atoms with van der Waals surface area (Å²) in [5.74, 6) is -0.182. The van der Waals surface area contributed by atoms with Crippen LogP contribution in [-0.4, -0.2) is 20.0 Å². The Morgan fingerprint density at radius 1 is 1.19 bits per heavy atom. The highest BCUT2D eigenvalue weighted by Crippen LogP contribution is 2.25. The van der Waals surface area contributed by atoms with Crippen molar-refractivity contribution in [2.75, 3.05) is 24.3 Å². The van der Waals surface area contributed by atoms with Crippen LogP contribution in [0.1, 0.15) is 15.9 Å². The highest BCUT2D eigenvalue weighted by atomic mass is 79.9. The van der Waals surface area contributed by atoms with Crippen LogP contribution in [0, 0.1) is 6.92 Å². The first-order valence-corrected chi connectivity index (χ1v) is 7.60. The van der Waals surface area contributed by atoms with Crippen molar-refractivity contribution in [3.63, 3.8) is 0 Å². The van der Waals surface area contributed by atoms with E-state index in [9.17, 15) is 4.79 Å². The number of rotatable bonds is 3. The van der Waals surface area contributed by atoms with Crippen molar-refractivity contribution in [2.24, 2.45) is 0 Å². The van der Waals surface area contributed by atoms with E-state index in [1.807, 2.05) is 44.1 Å². The molecule has 0 aliphatic rings. The van der Waals surface area contributed by atoms with Crippen molar-refractivity contribution in [3.05, 3.63) is 57.0 Å². The molecule has 2 aromatic rings. The number of nitrogens with one attached hydrogen (secondary N) is 1. The summed E-state index contributed by atoms with van der Waals surface area (Å²) in [7, 11) is 3.95. The number of aryl methyl sites for hydroxylation is 1. The van der Waals surface area contributed by atoms with Crippen molar-refractivity contribution in [1.82, 2.24) is 0 Å². The van der Waals surface area contributed by atoms with Crippen molar-refractivity contribution in [1.29, 1.82) is 0 Å². The van der Waals surface area contributed by atoms with Crippen LogP contribution < -0.4 is 10.2 Å². The molecule has 110 valence electrons. The lowest BCUT2D eigenvalue weighted by Gasteiger charge is -2.17. The number of carbonyl (C=O) groups excluding carboxylic acids is 1. The third-order valence-electron chi connectivity index (χ3n) is 3.13. The zero-order chi connectivity index (χ0) is 15.6. The highest BCUT2D eigenvalue weighted by Gasteiger charge is 2.10. The maximum absolute atomic E-state index is 12.2. The Morgan fingerprint density at radius 3 is 2.52 bits per heavy atom. The molecule has 0 saturated heterocycles. The standard InChI is InChI=1S/C16H16BrClN2O/c1-10-4-6-12(9-15(10)20(2)3)19-16(21)11-5-7-13(17)14(18)8-11/h4-9H,1-3H3,(H,19,21). The van der Waals surface area contributed by atoms with Crippen LogP contribution in [0.2, 0.25) is 5.02 Å². The quantitative estimate of drug-likeness (QED) is 0.850. The number of hydrogen-bond donors (Lipinski definition) is 1. The second-order valence-electron chi connectivity index (χ2n) is 4.98. The summed E-state index contributed by atoms with van der Waals surface area (Å²) in [6.45, 7) is 2.04. The molecule has 0 spiro atoms. The number of benzene rings is 2. The molecular weight excluding hydrogens is 352 g/mol. The molecule has 0 heterocycles. The van der Waals surface area contributed by atoms with Crippen molar-refractivity contribution in [2.45, 2.75) is 6.92 Å². The molecule has 1 N–H and O–H groups in total. The number of hydrogen-bond acceptors (Lipinski definition) is 2. The van der Waals surface area contributed by atoms with E-state index in [-0.39, 0.29) is 5.91 Å². The molecule has 0 aliphatic heterocycles. The lowest BCUT2D eigenvalue weighted by Crippen LogP contribution is -2.14. The van der Waals surface area contributed by atoms with Gasteiger partial charge in [-0.2, -0.15) is 0 Å². The molecule has 5 heteroatoms. The third-order valence-corrected chi connectivity index (χ3v) is 4.36. The molecule has 0 aliphatic carbocycles. The van der Waals surface area contributed by atoms with Crippen molar-refractivity contribution < 1.29 is 4.79 Å². The fourth-order valence-electron chi connectivity index (χ4n) is 2.01. The maximum Gasteiger partial charge on any atom is 0.255 e. The van der Waals surface area contributed by atoms with Gasteiger partial charge in [-0.05, 0) is 58.7 Å². The Morgan fingerprint density at radius 2 is 1.90 bits per heavy atom. The van der Waals surface area contributed by atoms with E-state index in [0.717, 1.165) is 21.4 Å². The Balaban J connectivity index is 2.23. The molecule has 0 unspecified atom stereocenters. The summed E-state index contributed by atoms with van der Waals surface area (Å²) < 4.78 is 0.769. The lowest BCUT2D eigenvalue weighted by atomic mass is 10.1. The molecule has 3 nitrogen and oxygen atoms in total. The summed E-state index contributed by atoms with van der Waals surface area (Å²) in [6.07, 6.45) is 0. The Labute approximate surface area is 138 Å². The van der Waals surface area contributed by atoms with E-state index in [1.165, 1.54) is 0 Å². The summed E-state index contributed by atoms with van der Waals surface area (Å²) in [6, 6.07) is 11.0. The minimum Gasteiger partial charge on any atom is -0.377 e. The van der Waals surface area contributed by atoms with Crippen LogP contribution in [0.15, 0.2) is 40.9 Å². The monoisotopic (exact) mass is 366 g/mol. The zero-order valence-electron chi connectivity index (χ0n) is 12.1. The molecule has 0 fully saturated rings. The van der Waals surface area contributed by atoms with Crippen LogP contribution in [-0.2, 0) is 0 Å². The van der Waals surface area contributed by atoms with Crippen LogP contribution in [0.4, 0.5) is 11.4 Å². The van der Waals surface area contributed by atoms with Crippen molar-refractivity contribution in [3.8, 4) is 0 Å². The first-order valence-electron chi connectivity index (χ1n) is 6.43. The second kappa shape index (κ2) is 6.50. The van der Waals surface area contributed by atoms with Crippen LogP contribution in [0.25, 0.3) is 0 Å². The SMILES string of the molecule is Cc1ccc(NC(=O)c2ccc(Br)c(Cl)c2)cc1N(C)C. The van der Waals surface area contributed by atoms with Gasteiger partial charge in [0.2, 0.25) is 0 Å². The van der Waals surface area contributed by atoms with Gasteiger partial charge in [-0.25, -0.2) is 0 Å². The first kappa shape index (κ1) is 15.9. The molecule has 0 bridgehead atoms. The van der Waals surface area contributed by atoms with Crippen LogP contribution in [0.5, 0.6) is 0 Å². The topological polar surface area (TPSA) is 32.3 Å². The van der Waals surface area contributed by atoms with Crippen LogP contribution in [0.3, 0.4) is 0 Å². The van der Waals surface area contributed by atoms with E-state index in [0.29, 0.717) is 10.6 Å². The van der Waals surface area contributed by atoms with Gasteiger partial charge in [0.1, 0.15) is 0 Å². The average Bonchev–Trinajstić information content (AvgIpc) is 2.43. The summed E-state index contributed by atoms with van der Waals surface area (Å²) >= 11 is 9.32. The predicted octanol–water partition coefficient (Wildman–Crippen LogP) is 4.73.